The van der Waals surface area contributed by atoms with Crippen molar-refractivity contribution in [1.29, 1.82) is 0 Å². The van der Waals surface area contributed by atoms with E-state index in [-0.39, 0.29) is 5.56 Å². The zero-order valence-corrected chi connectivity index (χ0v) is 11.5. The van der Waals surface area contributed by atoms with Crippen LogP contribution in [0, 0.1) is 0 Å². The molecule has 0 saturated carbocycles. The number of para-hydroxylation sites is 1. The highest BCUT2D eigenvalue weighted by atomic mass is 79.9. The van der Waals surface area contributed by atoms with Crippen LogP contribution >= 0.6 is 27.5 Å². The van der Waals surface area contributed by atoms with Gasteiger partial charge in [-0.05, 0) is 40.2 Å². The Morgan fingerprint density at radius 1 is 1.17 bits per heavy atom. The summed E-state index contributed by atoms with van der Waals surface area (Å²) in [5.74, 6) is 0.359. The zero-order chi connectivity index (χ0) is 13.1. The highest BCUT2D eigenvalue weighted by Gasteiger charge is 2.12. The monoisotopic (exact) mass is 325 g/mol. The molecule has 0 heterocycles. The summed E-state index contributed by atoms with van der Waals surface area (Å²) >= 11 is 9.24. The van der Waals surface area contributed by atoms with E-state index in [2.05, 4.69) is 15.9 Å². The Labute approximate surface area is 118 Å². The third kappa shape index (κ3) is 2.83. The summed E-state index contributed by atoms with van der Waals surface area (Å²) in [6, 6.07) is 12.0. The van der Waals surface area contributed by atoms with Crippen molar-refractivity contribution < 1.29 is 9.53 Å². The number of rotatable bonds is 3. The summed E-state index contributed by atoms with van der Waals surface area (Å²) in [5, 5.41) is 0.474. The van der Waals surface area contributed by atoms with E-state index < -0.39 is 5.91 Å². The number of ether oxygens (including phenoxy) is 1. The fourth-order valence-corrected chi connectivity index (χ4v) is 1.96. The number of halogens is 2. The van der Waals surface area contributed by atoms with Gasteiger partial charge in [-0.3, -0.25) is 4.79 Å². The second-order valence-corrected chi connectivity index (χ2v) is 4.83. The lowest BCUT2D eigenvalue weighted by Crippen LogP contribution is -2.12. The van der Waals surface area contributed by atoms with Gasteiger partial charge in [0.25, 0.3) is 5.91 Å². The minimum absolute atomic E-state index is 0.287. The molecule has 2 aromatic rings. The van der Waals surface area contributed by atoms with E-state index in [9.17, 15) is 4.79 Å². The van der Waals surface area contributed by atoms with Crippen LogP contribution in [0.15, 0.2) is 46.9 Å². The van der Waals surface area contributed by atoms with Crippen molar-refractivity contribution in [2.45, 2.75) is 0 Å². The maximum Gasteiger partial charge on any atom is 0.252 e. The Bertz CT molecular complexity index is 601. The highest BCUT2D eigenvalue weighted by molar-refractivity contribution is 9.10. The molecule has 0 fully saturated rings. The summed E-state index contributed by atoms with van der Waals surface area (Å²) in [5.41, 5.74) is 5.57. The molecule has 0 spiro atoms. The number of hydrogen-bond acceptors (Lipinski definition) is 2. The van der Waals surface area contributed by atoms with E-state index in [1.165, 1.54) is 6.07 Å². The molecule has 5 heteroatoms. The summed E-state index contributed by atoms with van der Waals surface area (Å²) in [7, 11) is 0. The van der Waals surface area contributed by atoms with E-state index in [0.29, 0.717) is 16.5 Å². The largest absolute Gasteiger partial charge is 0.455 e. The average molecular weight is 327 g/mol. The molecule has 0 bridgehead atoms. The molecule has 92 valence electrons. The molecule has 18 heavy (non-hydrogen) atoms. The number of carbonyl (C=O) groups is 1. The fourth-order valence-electron chi connectivity index (χ4n) is 1.43. The normalized spacial score (nSPS) is 10.1. The Morgan fingerprint density at radius 2 is 1.89 bits per heavy atom. The number of carbonyl (C=O) groups excluding carboxylic acids is 1. The first-order valence-corrected chi connectivity index (χ1v) is 6.27. The van der Waals surface area contributed by atoms with Gasteiger partial charge in [-0.25, -0.2) is 0 Å². The molecule has 3 nitrogen and oxygen atoms in total. The second kappa shape index (κ2) is 5.42. The molecule has 0 radical (unpaired) electrons. The average Bonchev–Trinajstić information content (AvgIpc) is 2.32. The predicted octanol–water partition coefficient (Wildman–Crippen LogP) is 3.99. The first-order chi connectivity index (χ1) is 8.58. The number of primary amides is 1. The number of hydrogen-bond donors (Lipinski definition) is 1. The third-order valence-corrected chi connectivity index (χ3v) is 3.16. The van der Waals surface area contributed by atoms with Crippen molar-refractivity contribution in [3.63, 3.8) is 0 Å². The van der Waals surface area contributed by atoms with Crippen LogP contribution in [0.1, 0.15) is 10.4 Å². The molecule has 0 atom stereocenters. The first kappa shape index (κ1) is 12.9. The molecule has 2 rings (SSSR count). The Kier molecular flexibility index (Phi) is 3.89. The molecule has 1 amide bonds. The molecule has 0 aliphatic heterocycles. The van der Waals surface area contributed by atoms with Crippen LogP contribution in [0.2, 0.25) is 5.02 Å². The van der Waals surface area contributed by atoms with Crippen molar-refractivity contribution in [2.24, 2.45) is 5.73 Å². The molecule has 2 N–H and O–H groups in total. The summed E-state index contributed by atoms with van der Waals surface area (Å²) in [4.78, 5) is 11.3. The van der Waals surface area contributed by atoms with Gasteiger partial charge in [0.2, 0.25) is 0 Å². The lowest BCUT2D eigenvalue weighted by atomic mass is 10.2. The molecule has 0 unspecified atom stereocenters. The van der Waals surface area contributed by atoms with Crippen LogP contribution in [0.25, 0.3) is 0 Å². The minimum atomic E-state index is -0.561. The summed E-state index contributed by atoms with van der Waals surface area (Å²) in [6.45, 7) is 0. The van der Waals surface area contributed by atoms with Crippen LogP contribution in [0.4, 0.5) is 0 Å². The van der Waals surface area contributed by atoms with Crippen molar-refractivity contribution in [3.05, 3.63) is 57.5 Å². The topological polar surface area (TPSA) is 52.3 Å². The van der Waals surface area contributed by atoms with Gasteiger partial charge in [0.15, 0.2) is 0 Å². The Balaban J connectivity index is 2.42. The minimum Gasteiger partial charge on any atom is -0.455 e. The predicted molar refractivity (Wildman–Crippen MR) is 74.2 cm³/mol. The van der Waals surface area contributed by atoms with Crippen molar-refractivity contribution in [3.8, 4) is 11.5 Å². The summed E-state index contributed by atoms with van der Waals surface area (Å²) in [6.07, 6.45) is 0. The van der Waals surface area contributed by atoms with Crippen LogP contribution in [-0.4, -0.2) is 5.91 Å². The number of benzene rings is 2. The highest BCUT2D eigenvalue weighted by Crippen LogP contribution is 2.32. The Hall–Kier alpha value is -1.52. The smallest absolute Gasteiger partial charge is 0.252 e. The van der Waals surface area contributed by atoms with Gasteiger partial charge in [-0.2, -0.15) is 0 Å². The molecular formula is C13H9BrClNO2. The van der Waals surface area contributed by atoms with Gasteiger partial charge in [-0.15, -0.1) is 0 Å². The van der Waals surface area contributed by atoms with Gasteiger partial charge in [0, 0.05) is 11.1 Å². The van der Waals surface area contributed by atoms with Gasteiger partial charge in [0.05, 0.1) is 10.0 Å². The summed E-state index contributed by atoms with van der Waals surface area (Å²) < 4.78 is 6.43. The molecule has 0 aliphatic rings. The SMILES string of the molecule is NC(=O)c1ccc(Cl)cc1Oc1ccccc1Br. The van der Waals surface area contributed by atoms with E-state index in [1.807, 2.05) is 18.2 Å². The van der Waals surface area contributed by atoms with Crippen LogP contribution in [0.5, 0.6) is 11.5 Å². The lowest BCUT2D eigenvalue weighted by molar-refractivity contribution is 0.0998. The van der Waals surface area contributed by atoms with Crippen molar-refractivity contribution in [2.75, 3.05) is 0 Å². The van der Waals surface area contributed by atoms with Crippen LogP contribution < -0.4 is 10.5 Å². The van der Waals surface area contributed by atoms with E-state index in [4.69, 9.17) is 22.1 Å². The van der Waals surface area contributed by atoms with E-state index >= 15 is 0 Å². The number of amides is 1. The van der Waals surface area contributed by atoms with Gasteiger partial charge in [-0.1, -0.05) is 23.7 Å². The quantitative estimate of drug-likeness (QED) is 0.927. The van der Waals surface area contributed by atoms with Gasteiger partial charge in [0.1, 0.15) is 11.5 Å². The fraction of sp³-hybridized carbons (Fsp3) is 0. The molecule has 0 saturated heterocycles. The Morgan fingerprint density at radius 3 is 2.56 bits per heavy atom. The van der Waals surface area contributed by atoms with Gasteiger partial charge < -0.3 is 10.5 Å². The van der Waals surface area contributed by atoms with Crippen molar-refractivity contribution >= 4 is 33.4 Å². The van der Waals surface area contributed by atoms with Gasteiger partial charge >= 0.3 is 0 Å². The maximum absolute atomic E-state index is 11.3. The number of nitrogens with two attached hydrogens (primary N) is 1. The van der Waals surface area contributed by atoms with Crippen molar-refractivity contribution in [1.82, 2.24) is 0 Å². The van der Waals surface area contributed by atoms with E-state index in [0.717, 1.165) is 4.47 Å². The third-order valence-electron chi connectivity index (χ3n) is 2.27. The van der Waals surface area contributed by atoms with Crippen LogP contribution in [0.3, 0.4) is 0 Å². The standard InChI is InChI=1S/C13H9BrClNO2/c14-10-3-1-2-4-11(10)18-12-7-8(15)5-6-9(12)13(16)17/h1-7H,(H2,16,17). The lowest BCUT2D eigenvalue weighted by Gasteiger charge is -2.10. The molecule has 2 aromatic carbocycles. The molecule has 0 aromatic heterocycles. The molecule has 0 aliphatic carbocycles. The van der Waals surface area contributed by atoms with Crippen LogP contribution in [-0.2, 0) is 0 Å². The maximum atomic E-state index is 11.3. The first-order valence-electron chi connectivity index (χ1n) is 5.09. The second-order valence-electron chi connectivity index (χ2n) is 3.54. The molecular weight excluding hydrogens is 318 g/mol. The zero-order valence-electron chi connectivity index (χ0n) is 9.19. The van der Waals surface area contributed by atoms with E-state index in [1.54, 1.807) is 18.2 Å².